The lowest BCUT2D eigenvalue weighted by molar-refractivity contribution is -0.139. The van der Waals surface area contributed by atoms with Gasteiger partial charge in [0.1, 0.15) is 0 Å². The topological polar surface area (TPSA) is 69.7 Å². The van der Waals surface area contributed by atoms with Crippen LogP contribution in [-0.4, -0.2) is 19.9 Å². The molecule has 0 aliphatic carbocycles. The molecule has 0 atom stereocenters. The summed E-state index contributed by atoms with van der Waals surface area (Å²) in [6.45, 7) is 4.89. The van der Waals surface area contributed by atoms with E-state index < -0.39 is 39.1 Å². The number of ether oxygens (including phenoxy) is 1. The Morgan fingerprint density at radius 2 is 1.52 bits per heavy atom. The lowest BCUT2D eigenvalue weighted by Crippen LogP contribution is -2.28. The summed E-state index contributed by atoms with van der Waals surface area (Å²) < 4.78 is 108. The van der Waals surface area contributed by atoms with Gasteiger partial charge in [-0.3, -0.25) is 4.79 Å². The van der Waals surface area contributed by atoms with Crippen molar-refractivity contribution in [2.24, 2.45) is 0 Å². The number of esters is 1. The molecule has 0 aromatic heterocycles. The molecule has 2 rings (SSSR count). The first kappa shape index (κ1) is 24.3. The van der Waals surface area contributed by atoms with Crippen LogP contribution in [0.5, 0.6) is 5.75 Å². The van der Waals surface area contributed by atoms with Gasteiger partial charge in [0.25, 0.3) is 0 Å². The van der Waals surface area contributed by atoms with Crippen molar-refractivity contribution in [3.63, 3.8) is 0 Å². The van der Waals surface area contributed by atoms with E-state index >= 15 is 0 Å². The van der Waals surface area contributed by atoms with Gasteiger partial charge >= 0.3 is 27.8 Å². The van der Waals surface area contributed by atoms with E-state index in [0.29, 0.717) is 17.7 Å². The van der Waals surface area contributed by atoms with Gasteiger partial charge in [0.05, 0.1) is 17.7 Å². The van der Waals surface area contributed by atoms with Crippen molar-refractivity contribution < 1.29 is 48.5 Å². The van der Waals surface area contributed by atoms with E-state index in [1.165, 1.54) is 31.2 Å². The van der Waals surface area contributed by atoms with E-state index in [1.807, 2.05) is 0 Å². The molecule has 0 spiro atoms. The fourth-order valence-corrected chi connectivity index (χ4v) is 2.86. The van der Waals surface area contributed by atoms with Gasteiger partial charge in [0.15, 0.2) is 5.75 Å². The Hall–Kier alpha value is -3.02. The molecular formula is C19H14F6O5S. The predicted octanol–water partition coefficient (Wildman–Crippen LogP) is 5.22. The summed E-state index contributed by atoms with van der Waals surface area (Å²) in [5.74, 6) is -1.91. The van der Waals surface area contributed by atoms with Gasteiger partial charge in [0, 0.05) is 0 Å². The zero-order valence-electron chi connectivity index (χ0n) is 15.7. The minimum Gasteiger partial charge on any atom is -0.432 e. The highest BCUT2D eigenvalue weighted by atomic mass is 32.2. The van der Waals surface area contributed by atoms with E-state index in [0.717, 1.165) is 6.07 Å². The first-order chi connectivity index (χ1) is 14.1. The summed E-state index contributed by atoms with van der Waals surface area (Å²) in [4.78, 5) is 11.6. The fraction of sp³-hybridized carbons (Fsp3) is 0.211. The lowest BCUT2D eigenvalue weighted by atomic mass is 10.0. The summed E-state index contributed by atoms with van der Waals surface area (Å²) >= 11 is 0. The maximum Gasteiger partial charge on any atom is 0.534 e. The summed E-state index contributed by atoms with van der Waals surface area (Å²) in [5.41, 5.74) is -6.95. The molecule has 0 aliphatic heterocycles. The molecular weight excluding hydrogens is 454 g/mol. The molecule has 0 unspecified atom stereocenters. The number of halogens is 6. The van der Waals surface area contributed by atoms with E-state index in [-0.39, 0.29) is 23.3 Å². The second-order valence-corrected chi connectivity index (χ2v) is 7.78. The molecule has 0 fully saturated rings. The third-order valence-electron chi connectivity index (χ3n) is 3.69. The molecule has 2 aromatic carbocycles. The van der Waals surface area contributed by atoms with Crippen LogP contribution in [0.3, 0.4) is 0 Å². The van der Waals surface area contributed by atoms with Crippen molar-refractivity contribution in [2.75, 3.05) is 0 Å². The van der Waals surface area contributed by atoms with E-state index in [9.17, 15) is 39.6 Å². The van der Waals surface area contributed by atoms with E-state index in [2.05, 4.69) is 10.8 Å². The molecule has 168 valence electrons. The molecule has 5 nitrogen and oxygen atoms in total. The van der Waals surface area contributed by atoms with E-state index in [1.54, 1.807) is 0 Å². The van der Waals surface area contributed by atoms with Crippen LogP contribution >= 0.6 is 0 Å². The summed E-state index contributed by atoms with van der Waals surface area (Å²) in [5, 5.41) is 0. The van der Waals surface area contributed by atoms with Gasteiger partial charge in [-0.05, 0) is 35.7 Å². The Kier molecular flexibility index (Phi) is 6.74. The number of hydrogen-bond donors (Lipinski definition) is 0. The van der Waals surface area contributed by atoms with Gasteiger partial charge in [-0.2, -0.15) is 34.8 Å². The standard InChI is InChI=1S/C19H14F6O5S/c1-11(2)29-17(26)9-12-3-5-13(6-4-12)14-7-8-16(15(10-14)18(20,21)22)30-31(27,28)19(23,24)25/h3-8,10H,1,9H2,2H3. The molecule has 0 amide bonds. The minimum absolute atomic E-state index is 0.0693. The van der Waals surface area contributed by atoms with Crippen molar-refractivity contribution in [2.45, 2.75) is 25.0 Å². The molecule has 0 saturated carbocycles. The third-order valence-corrected chi connectivity index (χ3v) is 4.66. The molecule has 0 N–H and O–H groups in total. The molecule has 12 heteroatoms. The highest BCUT2D eigenvalue weighted by molar-refractivity contribution is 7.88. The van der Waals surface area contributed by atoms with Crippen LogP contribution in [0.25, 0.3) is 11.1 Å². The molecule has 0 bridgehead atoms. The molecule has 0 heterocycles. The van der Waals surface area contributed by atoms with Crippen LogP contribution in [0.1, 0.15) is 18.1 Å². The summed E-state index contributed by atoms with van der Waals surface area (Å²) in [7, 11) is -6.29. The number of carbonyl (C=O) groups excluding carboxylic acids is 1. The monoisotopic (exact) mass is 468 g/mol. The number of allylic oxidation sites excluding steroid dienone is 1. The first-order valence-electron chi connectivity index (χ1n) is 8.27. The second kappa shape index (κ2) is 8.61. The molecule has 2 aromatic rings. The fourth-order valence-electron chi connectivity index (χ4n) is 2.38. The average molecular weight is 468 g/mol. The second-order valence-electron chi connectivity index (χ2n) is 6.24. The van der Waals surface area contributed by atoms with Gasteiger partial charge in [-0.15, -0.1) is 0 Å². The third kappa shape index (κ3) is 6.23. The van der Waals surface area contributed by atoms with Gasteiger partial charge in [-0.25, -0.2) is 0 Å². The van der Waals surface area contributed by atoms with Crippen LogP contribution in [0, 0.1) is 0 Å². The van der Waals surface area contributed by atoms with Crippen molar-refractivity contribution in [3.8, 4) is 16.9 Å². The predicted molar refractivity (Wildman–Crippen MR) is 97.1 cm³/mol. The number of hydrogen-bond acceptors (Lipinski definition) is 5. The summed E-state index contributed by atoms with van der Waals surface area (Å²) in [6.07, 6.45) is -5.32. The van der Waals surface area contributed by atoms with Gasteiger partial charge in [-0.1, -0.05) is 36.9 Å². The van der Waals surface area contributed by atoms with Crippen LogP contribution in [0.2, 0.25) is 0 Å². The van der Waals surface area contributed by atoms with Crippen LogP contribution in [0.4, 0.5) is 26.3 Å². The number of benzene rings is 2. The molecule has 0 radical (unpaired) electrons. The van der Waals surface area contributed by atoms with Gasteiger partial charge in [0.2, 0.25) is 0 Å². The van der Waals surface area contributed by atoms with Crippen molar-refractivity contribution in [1.82, 2.24) is 0 Å². The lowest BCUT2D eigenvalue weighted by Gasteiger charge is -2.16. The van der Waals surface area contributed by atoms with E-state index in [4.69, 9.17) is 4.74 Å². The highest BCUT2D eigenvalue weighted by Crippen LogP contribution is 2.40. The van der Waals surface area contributed by atoms with Crippen LogP contribution < -0.4 is 4.18 Å². The van der Waals surface area contributed by atoms with Crippen LogP contribution in [-0.2, 0) is 32.2 Å². The van der Waals surface area contributed by atoms with Crippen molar-refractivity contribution in [3.05, 3.63) is 65.9 Å². The highest BCUT2D eigenvalue weighted by Gasteiger charge is 2.49. The largest absolute Gasteiger partial charge is 0.534 e. The smallest absolute Gasteiger partial charge is 0.432 e. The van der Waals surface area contributed by atoms with Crippen LogP contribution in [0.15, 0.2) is 54.8 Å². The summed E-state index contributed by atoms with van der Waals surface area (Å²) in [6, 6.07) is 7.57. The molecule has 0 aliphatic rings. The Bertz CT molecular complexity index is 1090. The SMILES string of the molecule is C=C(C)OC(=O)Cc1ccc(-c2ccc(OS(=O)(=O)C(F)(F)F)c(C(F)(F)F)c2)cc1. The number of rotatable bonds is 6. The first-order valence-corrected chi connectivity index (χ1v) is 9.68. The molecule has 0 saturated heterocycles. The minimum atomic E-state index is -6.29. The molecule has 31 heavy (non-hydrogen) atoms. The van der Waals surface area contributed by atoms with Crippen molar-refractivity contribution in [1.29, 1.82) is 0 Å². The van der Waals surface area contributed by atoms with Gasteiger partial charge < -0.3 is 8.92 Å². The number of alkyl halides is 6. The Morgan fingerprint density at radius 3 is 2.00 bits per heavy atom. The Balaban J connectivity index is 2.37. The average Bonchev–Trinajstić information content (AvgIpc) is 2.60. The zero-order valence-corrected chi connectivity index (χ0v) is 16.5. The Labute approximate surface area is 173 Å². The number of carbonyl (C=O) groups is 1. The maximum absolute atomic E-state index is 13.3. The van der Waals surface area contributed by atoms with Crippen molar-refractivity contribution >= 4 is 16.1 Å². The maximum atomic E-state index is 13.3. The zero-order chi connectivity index (χ0) is 23.6. The quantitative estimate of drug-likeness (QED) is 0.191. The normalized spacial score (nSPS) is 12.4. The Morgan fingerprint density at radius 1 is 0.968 bits per heavy atom.